The zero-order valence-electron chi connectivity index (χ0n) is 9.57. The average molecular weight is 266 g/mol. The second kappa shape index (κ2) is 4.40. The second-order valence-corrected chi connectivity index (χ2v) is 4.53. The molecular weight excluding hydrogens is 255 g/mol. The van der Waals surface area contributed by atoms with Crippen LogP contribution in [-0.4, -0.2) is 6.36 Å². The summed E-state index contributed by atoms with van der Waals surface area (Å²) >= 11 is 0. The zero-order chi connectivity index (χ0) is 13.5. The van der Waals surface area contributed by atoms with Crippen LogP contribution in [0.1, 0.15) is 24.5 Å². The molecule has 0 aliphatic heterocycles. The van der Waals surface area contributed by atoms with Crippen molar-refractivity contribution in [1.82, 2.24) is 0 Å². The highest BCUT2D eigenvalue weighted by molar-refractivity contribution is 5.40. The Morgan fingerprint density at radius 1 is 1.28 bits per heavy atom. The molecule has 0 saturated carbocycles. The van der Waals surface area contributed by atoms with Gasteiger partial charge in [-0.3, -0.25) is 0 Å². The Labute approximate surface area is 101 Å². The van der Waals surface area contributed by atoms with E-state index >= 15 is 0 Å². The minimum absolute atomic E-state index is 0.133. The molecule has 1 aliphatic carbocycles. The number of benzene rings is 1. The van der Waals surface area contributed by atoms with Crippen molar-refractivity contribution in [3.05, 3.63) is 28.8 Å². The Morgan fingerprint density at radius 2 is 1.94 bits per heavy atom. The maximum Gasteiger partial charge on any atom is 0.573 e. The predicted octanol–water partition coefficient (Wildman–Crippen LogP) is 3.99. The van der Waals surface area contributed by atoms with Gasteiger partial charge in [-0.2, -0.15) is 0 Å². The van der Waals surface area contributed by atoms with Gasteiger partial charge in [0.1, 0.15) is 0 Å². The molecule has 0 N–H and O–H groups in total. The SMILES string of the molecule is CC1CCc2c(cc(F)c(OC(F)(F)F)c2F)C1. The van der Waals surface area contributed by atoms with Crippen LogP contribution in [0.15, 0.2) is 6.07 Å². The van der Waals surface area contributed by atoms with Crippen molar-refractivity contribution < 1.29 is 26.7 Å². The number of ether oxygens (including phenoxy) is 1. The first-order valence-electron chi connectivity index (χ1n) is 5.53. The smallest absolute Gasteiger partial charge is 0.399 e. The van der Waals surface area contributed by atoms with Gasteiger partial charge in [-0.15, -0.1) is 13.2 Å². The van der Waals surface area contributed by atoms with Crippen molar-refractivity contribution in [2.75, 3.05) is 0 Å². The molecule has 1 atom stereocenters. The predicted molar refractivity (Wildman–Crippen MR) is 54.2 cm³/mol. The van der Waals surface area contributed by atoms with Gasteiger partial charge in [0, 0.05) is 0 Å². The quantitative estimate of drug-likeness (QED) is 0.698. The van der Waals surface area contributed by atoms with Gasteiger partial charge in [-0.25, -0.2) is 8.78 Å². The van der Waals surface area contributed by atoms with Crippen LogP contribution in [0.4, 0.5) is 22.0 Å². The first-order valence-corrected chi connectivity index (χ1v) is 5.53. The number of alkyl halides is 3. The van der Waals surface area contributed by atoms with E-state index in [-0.39, 0.29) is 11.5 Å². The van der Waals surface area contributed by atoms with E-state index in [1.165, 1.54) is 0 Å². The minimum atomic E-state index is -5.10. The molecule has 1 aromatic rings. The lowest BCUT2D eigenvalue weighted by Crippen LogP contribution is -2.21. The van der Waals surface area contributed by atoms with Crippen LogP contribution in [-0.2, 0) is 12.8 Å². The molecule has 1 aromatic carbocycles. The Morgan fingerprint density at radius 3 is 2.56 bits per heavy atom. The fourth-order valence-electron chi connectivity index (χ4n) is 2.22. The van der Waals surface area contributed by atoms with Crippen LogP contribution in [0.5, 0.6) is 5.75 Å². The minimum Gasteiger partial charge on any atom is -0.399 e. The number of hydrogen-bond acceptors (Lipinski definition) is 1. The van der Waals surface area contributed by atoms with Crippen molar-refractivity contribution >= 4 is 0 Å². The number of rotatable bonds is 1. The Bertz CT molecular complexity index is 467. The first-order chi connectivity index (χ1) is 8.28. The van der Waals surface area contributed by atoms with Crippen molar-refractivity contribution in [3.63, 3.8) is 0 Å². The Balaban J connectivity index is 2.44. The fraction of sp³-hybridized carbons (Fsp3) is 0.500. The molecule has 0 saturated heterocycles. The van der Waals surface area contributed by atoms with Crippen molar-refractivity contribution in [3.8, 4) is 5.75 Å². The van der Waals surface area contributed by atoms with E-state index in [0.717, 1.165) is 6.07 Å². The molecule has 0 heterocycles. The van der Waals surface area contributed by atoms with E-state index in [0.29, 0.717) is 24.8 Å². The van der Waals surface area contributed by atoms with Crippen molar-refractivity contribution in [1.29, 1.82) is 0 Å². The molecule has 0 spiro atoms. The van der Waals surface area contributed by atoms with Gasteiger partial charge in [-0.05, 0) is 42.4 Å². The lowest BCUT2D eigenvalue weighted by molar-refractivity contribution is -0.276. The summed E-state index contributed by atoms with van der Waals surface area (Å²) in [7, 11) is 0. The Hall–Kier alpha value is -1.33. The third-order valence-corrected chi connectivity index (χ3v) is 3.04. The van der Waals surface area contributed by atoms with Crippen LogP contribution in [0, 0.1) is 17.6 Å². The Kier molecular flexibility index (Phi) is 3.21. The van der Waals surface area contributed by atoms with Crippen LogP contribution < -0.4 is 4.74 Å². The maximum absolute atomic E-state index is 13.8. The molecular formula is C12H11F5O. The normalized spacial score (nSPS) is 19.6. The van der Waals surface area contributed by atoms with E-state index in [4.69, 9.17) is 0 Å². The largest absolute Gasteiger partial charge is 0.573 e. The summed E-state index contributed by atoms with van der Waals surface area (Å²) in [6.45, 7) is 1.93. The summed E-state index contributed by atoms with van der Waals surface area (Å²) < 4.78 is 66.8. The van der Waals surface area contributed by atoms with Gasteiger partial charge in [0.25, 0.3) is 0 Å². The molecule has 0 bridgehead atoms. The van der Waals surface area contributed by atoms with E-state index in [1.807, 2.05) is 6.92 Å². The summed E-state index contributed by atoms with van der Waals surface area (Å²) in [5.74, 6) is -3.62. The summed E-state index contributed by atoms with van der Waals surface area (Å²) in [4.78, 5) is 0. The summed E-state index contributed by atoms with van der Waals surface area (Å²) in [6, 6.07) is 0.940. The van der Waals surface area contributed by atoms with E-state index < -0.39 is 23.7 Å². The van der Waals surface area contributed by atoms with E-state index in [9.17, 15) is 22.0 Å². The van der Waals surface area contributed by atoms with Gasteiger partial charge in [0.15, 0.2) is 11.6 Å². The van der Waals surface area contributed by atoms with Gasteiger partial charge < -0.3 is 4.74 Å². The van der Waals surface area contributed by atoms with Gasteiger partial charge in [0.2, 0.25) is 5.75 Å². The summed E-state index contributed by atoms with van der Waals surface area (Å²) in [6.07, 6.45) is -3.66. The van der Waals surface area contributed by atoms with Crippen molar-refractivity contribution in [2.45, 2.75) is 32.5 Å². The topological polar surface area (TPSA) is 9.23 Å². The lowest BCUT2D eigenvalue weighted by Gasteiger charge is -2.23. The van der Waals surface area contributed by atoms with Crippen LogP contribution >= 0.6 is 0 Å². The standard InChI is InChI=1S/C12H11F5O/c1-6-2-3-8-7(4-6)5-9(13)11(10(8)14)18-12(15,16)17/h5-6H,2-4H2,1H3. The van der Waals surface area contributed by atoms with E-state index in [2.05, 4.69) is 4.74 Å². The number of fused-ring (bicyclic) bond motifs is 1. The maximum atomic E-state index is 13.8. The highest BCUT2D eigenvalue weighted by Gasteiger charge is 2.35. The molecule has 1 aliphatic rings. The first kappa shape index (κ1) is 13.1. The third-order valence-electron chi connectivity index (χ3n) is 3.04. The molecule has 6 heteroatoms. The highest BCUT2D eigenvalue weighted by atomic mass is 19.4. The molecule has 1 nitrogen and oxygen atoms in total. The molecule has 1 unspecified atom stereocenters. The second-order valence-electron chi connectivity index (χ2n) is 4.53. The van der Waals surface area contributed by atoms with Crippen molar-refractivity contribution in [2.24, 2.45) is 5.92 Å². The van der Waals surface area contributed by atoms with Gasteiger partial charge >= 0.3 is 6.36 Å². The van der Waals surface area contributed by atoms with Crippen LogP contribution in [0.2, 0.25) is 0 Å². The lowest BCUT2D eigenvalue weighted by atomic mass is 9.84. The fourth-order valence-corrected chi connectivity index (χ4v) is 2.22. The summed E-state index contributed by atoms with van der Waals surface area (Å²) in [5, 5.41) is 0. The molecule has 0 amide bonds. The number of halogens is 5. The molecule has 100 valence electrons. The molecule has 0 fully saturated rings. The summed E-state index contributed by atoms with van der Waals surface area (Å²) in [5.41, 5.74) is 0.562. The van der Waals surface area contributed by atoms with Gasteiger partial charge in [0.05, 0.1) is 0 Å². The van der Waals surface area contributed by atoms with Gasteiger partial charge in [-0.1, -0.05) is 6.92 Å². The van der Waals surface area contributed by atoms with Crippen LogP contribution in [0.25, 0.3) is 0 Å². The third kappa shape index (κ3) is 2.57. The van der Waals surface area contributed by atoms with Crippen LogP contribution in [0.3, 0.4) is 0 Å². The molecule has 2 rings (SSSR count). The molecule has 18 heavy (non-hydrogen) atoms. The highest BCUT2D eigenvalue weighted by Crippen LogP contribution is 2.36. The molecule has 0 radical (unpaired) electrons. The molecule has 0 aromatic heterocycles. The average Bonchev–Trinajstić information content (AvgIpc) is 2.22. The van der Waals surface area contributed by atoms with E-state index in [1.54, 1.807) is 0 Å². The number of hydrogen-bond donors (Lipinski definition) is 0. The monoisotopic (exact) mass is 266 g/mol. The zero-order valence-corrected chi connectivity index (χ0v) is 9.57.